The van der Waals surface area contributed by atoms with E-state index in [1.807, 2.05) is 48.5 Å². The lowest BCUT2D eigenvalue weighted by atomic mass is 10.2. The number of likely N-dealkylation sites (tertiary alicyclic amines) is 1. The minimum atomic E-state index is -0.227. The van der Waals surface area contributed by atoms with E-state index in [4.69, 9.17) is 0 Å². The Kier molecular flexibility index (Phi) is 3.60. The summed E-state index contributed by atoms with van der Waals surface area (Å²) in [4.78, 5) is 29.8. The highest BCUT2D eigenvalue weighted by Gasteiger charge is 2.33. The van der Waals surface area contributed by atoms with Gasteiger partial charge in [-0.15, -0.1) is 0 Å². The average molecular weight is 278 g/mol. The molecule has 1 aromatic carbocycles. The molecule has 0 radical (unpaired) electrons. The maximum Gasteiger partial charge on any atom is 0.257 e. The van der Waals surface area contributed by atoms with E-state index in [1.54, 1.807) is 12.3 Å². The van der Waals surface area contributed by atoms with Crippen molar-refractivity contribution in [3.05, 3.63) is 71.6 Å². The Morgan fingerprint density at radius 1 is 1.05 bits per heavy atom. The highest BCUT2D eigenvalue weighted by molar-refractivity contribution is 6.15. The maximum atomic E-state index is 12.3. The van der Waals surface area contributed by atoms with E-state index in [-0.39, 0.29) is 18.2 Å². The van der Waals surface area contributed by atoms with Crippen molar-refractivity contribution in [1.29, 1.82) is 0 Å². The Balaban J connectivity index is 1.81. The molecular weight excluding hydrogens is 264 g/mol. The third kappa shape index (κ3) is 2.89. The van der Waals surface area contributed by atoms with Crippen molar-refractivity contribution in [3.63, 3.8) is 0 Å². The van der Waals surface area contributed by atoms with Gasteiger partial charge in [-0.1, -0.05) is 36.4 Å². The summed E-state index contributed by atoms with van der Waals surface area (Å²) in [6.07, 6.45) is 3.49. The van der Waals surface area contributed by atoms with Gasteiger partial charge in [-0.25, -0.2) is 0 Å². The molecule has 0 spiro atoms. The van der Waals surface area contributed by atoms with Gasteiger partial charge in [0.05, 0.1) is 18.7 Å². The van der Waals surface area contributed by atoms with Gasteiger partial charge in [0, 0.05) is 11.8 Å². The topological polar surface area (TPSA) is 50.3 Å². The summed E-state index contributed by atoms with van der Waals surface area (Å²) < 4.78 is 0. The van der Waals surface area contributed by atoms with Gasteiger partial charge in [0.15, 0.2) is 0 Å². The minimum Gasteiger partial charge on any atom is -0.274 e. The van der Waals surface area contributed by atoms with Crippen molar-refractivity contribution in [2.24, 2.45) is 0 Å². The molecule has 1 saturated heterocycles. The normalized spacial score (nSPS) is 16.8. The third-order valence-electron chi connectivity index (χ3n) is 3.36. The molecule has 0 bridgehead atoms. The third-order valence-corrected chi connectivity index (χ3v) is 3.36. The number of rotatable bonds is 3. The number of imide groups is 1. The van der Waals surface area contributed by atoms with Crippen LogP contribution in [0.4, 0.5) is 0 Å². The molecule has 0 atom stereocenters. The monoisotopic (exact) mass is 278 g/mol. The number of hydrogen-bond acceptors (Lipinski definition) is 3. The van der Waals surface area contributed by atoms with Crippen LogP contribution in [0.5, 0.6) is 0 Å². The van der Waals surface area contributed by atoms with Crippen LogP contribution in [0, 0.1) is 0 Å². The Morgan fingerprint density at radius 2 is 1.81 bits per heavy atom. The molecular formula is C17H14N2O2. The summed E-state index contributed by atoms with van der Waals surface area (Å²) in [5.41, 5.74) is 2.13. The molecule has 0 unspecified atom stereocenters. The van der Waals surface area contributed by atoms with Gasteiger partial charge in [0.2, 0.25) is 5.91 Å². The molecule has 21 heavy (non-hydrogen) atoms. The molecule has 2 aromatic rings. The zero-order valence-electron chi connectivity index (χ0n) is 11.4. The molecule has 3 rings (SSSR count). The van der Waals surface area contributed by atoms with E-state index >= 15 is 0 Å². The van der Waals surface area contributed by atoms with Crippen LogP contribution in [-0.2, 0) is 16.1 Å². The average Bonchev–Trinajstić information content (AvgIpc) is 2.77. The lowest BCUT2D eigenvalue weighted by molar-refractivity contribution is -0.138. The minimum absolute atomic E-state index is 0.141. The first kappa shape index (κ1) is 13.2. The van der Waals surface area contributed by atoms with Gasteiger partial charge in [-0.3, -0.25) is 19.5 Å². The lowest BCUT2D eigenvalue weighted by Gasteiger charge is -2.13. The van der Waals surface area contributed by atoms with E-state index in [9.17, 15) is 9.59 Å². The van der Waals surface area contributed by atoms with Gasteiger partial charge in [0.25, 0.3) is 5.91 Å². The van der Waals surface area contributed by atoms with Crippen molar-refractivity contribution in [1.82, 2.24) is 9.88 Å². The van der Waals surface area contributed by atoms with Crippen molar-refractivity contribution in [2.75, 3.05) is 0 Å². The predicted octanol–water partition coefficient (Wildman–Crippen LogP) is 2.42. The van der Waals surface area contributed by atoms with Crippen LogP contribution >= 0.6 is 0 Å². The second-order valence-corrected chi connectivity index (χ2v) is 4.87. The molecule has 1 aromatic heterocycles. The number of amides is 2. The fourth-order valence-corrected chi connectivity index (χ4v) is 2.30. The molecule has 1 fully saturated rings. The maximum absolute atomic E-state index is 12.3. The van der Waals surface area contributed by atoms with Gasteiger partial charge < -0.3 is 0 Å². The molecule has 4 nitrogen and oxygen atoms in total. The number of benzene rings is 1. The van der Waals surface area contributed by atoms with Gasteiger partial charge in [0.1, 0.15) is 0 Å². The summed E-state index contributed by atoms with van der Waals surface area (Å²) in [6, 6.07) is 15.0. The molecule has 1 aliphatic heterocycles. The zero-order chi connectivity index (χ0) is 14.7. The molecule has 4 heteroatoms. The first-order valence-corrected chi connectivity index (χ1v) is 6.74. The number of carbonyl (C=O) groups excluding carboxylic acids is 2. The zero-order valence-corrected chi connectivity index (χ0v) is 11.4. The van der Waals surface area contributed by atoms with Crippen molar-refractivity contribution < 1.29 is 9.59 Å². The quantitative estimate of drug-likeness (QED) is 0.640. The lowest BCUT2D eigenvalue weighted by Crippen LogP contribution is -2.28. The summed E-state index contributed by atoms with van der Waals surface area (Å²) in [6.45, 7) is 0.318. The van der Waals surface area contributed by atoms with Crippen LogP contribution in [0.25, 0.3) is 6.08 Å². The highest BCUT2D eigenvalue weighted by atomic mass is 16.2. The summed E-state index contributed by atoms with van der Waals surface area (Å²) in [5, 5.41) is 0. The van der Waals surface area contributed by atoms with Crippen LogP contribution < -0.4 is 0 Å². The van der Waals surface area contributed by atoms with E-state index in [2.05, 4.69) is 4.98 Å². The molecule has 2 amide bonds. The predicted molar refractivity (Wildman–Crippen MR) is 78.8 cm³/mol. The molecule has 0 aliphatic carbocycles. The van der Waals surface area contributed by atoms with E-state index in [0.29, 0.717) is 17.8 Å². The molecule has 1 aliphatic rings. The van der Waals surface area contributed by atoms with Gasteiger partial charge >= 0.3 is 0 Å². The van der Waals surface area contributed by atoms with E-state index in [0.717, 1.165) is 5.56 Å². The number of pyridine rings is 1. The standard InChI is InChI=1S/C17H14N2O2/c20-16-11-14(10-15-8-4-5-9-18-15)17(21)19(16)12-13-6-2-1-3-7-13/h1-10H,11-12H2/b14-10-. The second-order valence-electron chi connectivity index (χ2n) is 4.87. The van der Waals surface area contributed by atoms with Crippen molar-refractivity contribution >= 4 is 17.9 Å². The SMILES string of the molecule is O=C1C/C(=C/c2ccccn2)C(=O)N1Cc1ccccc1. The number of hydrogen-bond donors (Lipinski definition) is 0. The first-order valence-electron chi connectivity index (χ1n) is 6.74. The highest BCUT2D eigenvalue weighted by Crippen LogP contribution is 2.22. The molecule has 104 valence electrons. The molecule has 0 N–H and O–H groups in total. The van der Waals surface area contributed by atoms with Crippen LogP contribution in [0.3, 0.4) is 0 Å². The molecule has 0 saturated carbocycles. The van der Waals surface area contributed by atoms with E-state index in [1.165, 1.54) is 4.90 Å². The summed E-state index contributed by atoms with van der Waals surface area (Å²) in [7, 11) is 0. The van der Waals surface area contributed by atoms with Gasteiger partial charge in [-0.2, -0.15) is 0 Å². The van der Waals surface area contributed by atoms with Crippen LogP contribution in [0.2, 0.25) is 0 Å². The largest absolute Gasteiger partial charge is 0.274 e. The summed E-state index contributed by atoms with van der Waals surface area (Å²) >= 11 is 0. The van der Waals surface area contributed by atoms with Crippen LogP contribution in [0.15, 0.2) is 60.3 Å². The fourth-order valence-electron chi connectivity index (χ4n) is 2.30. The second kappa shape index (κ2) is 5.71. The first-order chi connectivity index (χ1) is 10.2. The Bertz CT molecular complexity index is 693. The van der Waals surface area contributed by atoms with Gasteiger partial charge in [-0.05, 0) is 23.8 Å². The van der Waals surface area contributed by atoms with Crippen LogP contribution in [-0.4, -0.2) is 21.7 Å². The summed E-state index contributed by atoms with van der Waals surface area (Å²) in [5.74, 6) is -0.388. The molecule has 2 heterocycles. The van der Waals surface area contributed by atoms with Crippen molar-refractivity contribution in [2.45, 2.75) is 13.0 Å². The Hall–Kier alpha value is -2.75. The fraction of sp³-hybridized carbons (Fsp3) is 0.118. The number of aromatic nitrogens is 1. The van der Waals surface area contributed by atoms with E-state index < -0.39 is 0 Å². The Morgan fingerprint density at radius 3 is 2.52 bits per heavy atom. The van der Waals surface area contributed by atoms with Crippen molar-refractivity contribution in [3.8, 4) is 0 Å². The number of nitrogens with zero attached hydrogens (tertiary/aromatic N) is 2. The smallest absolute Gasteiger partial charge is 0.257 e. The Labute approximate surface area is 122 Å². The van der Waals surface area contributed by atoms with Crippen LogP contribution in [0.1, 0.15) is 17.7 Å². The number of carbonyl (C=O) groups is 2.